The number of rotatable bonds is 9. The highest BCUT2D eigenvalue weighted by molar-refractivity contribution is 7.88. The Balaban J connectivity index is 1.55. The molecule has 2 atom stereocenters. The Kier molecular flexibility index (Phi) is 9.37. The lowest BCUT2D eigenvalue weighted by atomic mass is 10.0. The molecule has 2 heterocycles. The van der Waals surface area contributed by atoms with Gasteiger partial charge in [0, 0.05) is 31.7 Å². The lowest BCUT2D eigenvalue weighted by molar-refractivity contribution is -0.137. The van der Waals surface area contributed by atoms with E-state index in [9.17, 15) is 26.4 Å². The van der Waals surface area contributed by atoms with E-state index in [-0.39, 0.29) is 22.9 Å². The fourth-order valence-electron chi connectivity index (χ4n) is 5.32. The predicted molar refractivity (Wildman–Crippen MR) is 148 cm³/mol. The standard InChI is InChI=1S/C26H36F3N5O3S2/c1-18-17-33(39(5,36)37)19(2)16-31(18)12-8-6-7-9-13-32-24(38)34(23(35)25(32,3)4)21-11-10-20(15-30)22(14-21)26(27,28)29/h10-11,14,18-19H,6-9,12-13,16-17H2,1-5H3/t18-,19+/m1/s1. The monoisotopic (exact) mass is 587 g/mol. The van der Waals surface area contributed by atoms with Gasteiger partial charge in [0.05, 0.1) is 29.1 Å². The molecule has 1 aromatic carbocycles. The van der Waals surface area contributed by atoms with Crippen LogP contribution in [0, 0.1) is 11.3 Å². The van der Waals surface area contributed by atoms with Crippen molar-refractivity contribution in [2.45, 2.75) is 77.2 Å². The molecule has 1 amide bonds. The molecule has 0 aromatic heterocycles. The number of benzene rings is 1. The van der Waals surface area contributed by atoms with Crippen molar-refractivity contribution in [1.82, 2.24) is 14.1 Å². The number of anilines is 1. The lowest BCUT2D eigenvalue weighted by Gasteiger charge is -2.42. The number of carbonyl (C=O) groups is 1. The quantitative estimate of drug-likeness (QED) is 0.316. The van der Waals surface area contributed by atoms with Gasteiger partial charge in [-0.05, 0) is 77.5 Å². The zero-order valence-corrected chi connectivity index (χ0v) is 24.6. The largest absolute Gasteiger partial charge is 0.417 e. The number of hydrogen-bond donors (Lipinski definition) is 0. The first-order chi connectivity index (χ1) is 18.0. The summed E-state index contributed by atoms with van der Waals surface area (Å²) in [5.41, 5.74) is -2.64. The van der Waals surface area contributed by atoms with Gasteiger partial charge < -0.3 is 4.90 Å². The van der Waals surface area contributed by atoms with Gasteiger partial charge in [-0.25, -0.2) is 8.42 Å². The maximum absolute atomic E-state index is 13.5. The third-order valence-corrected chi connectivity index (χ3v) is 9.34. The first kappa shape index (κ1) is 31.3. The van der Waals surface area contributed by atoms with Crippen molar-refractivity contribution in [1.29, 1.82) is 5.26 Å². The molecule has 0 N–H and O–H groups in total. The van der Waals surface area contributed by atoms with Crippen LogP contribution < -0.4 is 4.90 Å². The van der Waals surface area contributed by atoms with Crippen LogP contribution in [0.1, 0.15) is 64.5 Å². The third-order valence-electron chi connectivity index (χ3n) is 7.57. The van der Waals surface area contributed by atoms with E-state index in [0.717, 1.165) is 49.3 Å². The molecule has 0 bridgehead atoms. The van der Waals surface area contributed by atoms with E-state index >= 15 is 0 Å². The van der Waals surface area contributed by atoms with Crippen LogP contribution in [-0.2, 0) is 21.0 Å². The Morgan fingerprint density at radius 1 is 1.08 bits per heavy atom. The van der Waals surface area contributed by atoms with Crippen LogP contribution >= 0.6 is 12.2 Å². The highest BCUT2D eigenvalue weighted by atomic mass is 32.2. The van der Waals surface area contributed by atoms with Gasteiger partial charge in [0.15, 0.2) is 5.11 Å². The van der Waals surface area contributed by atoms with Gasteiger partial charge in [0.1, 0.15) is 5.54 Å². The Hall–Kier alpha value is -2.27. The van der Waals surface area contributed by atoms with Crippen LogP contribution in [0.2, 0.25) is 0 Å². The second-order valence-corrected chi connectivity index (χ2v) is 13.2. The summed E-state index contributed by atoms with van der Waals surface area (Å²) < 4.78 is 66.0. The first-order valence-corrected chi connectivity index (χ1v) is 15.2. The van der Waals surface area contributed by atoms with Crippen molar-refractivity contribution >= 4 is 38.9 Å². The fourth-order valence-corrected chi connectivity index (χ4v) is 7.04. The maximum atomic E-state index is 13.5. The molecular formula is C26H36F3N5O3S2. The van der Waals surface area contributed by atoms with Crippen molar-refractivity contribution in [3.05, 3.63) is 29.3 Å². The van der Waals surface area contributed by atoms with Crippen molar-refractivity contribution in [3.8, 4) is 6.07 Å². The summed E-state index contributed by atoms with van der Waals surface area (Å²) in [6.07, 6.45) is 0.0241. The molecule has 13 heteroatoms. The number of piperazine rings is 1. The van der Waals surface area contributed by atoms with E-state index in [1.165, 1.54) is 12.3 Å². The van der Waals surface area contributed by atoms with Gasteiger partial charge >= 0.3 is 6.18 Å². The Bertz CT molecular complexity index is 1250. The maximum Gasteiger partial charge on any atom is 0.417 e. The van der Waals surface area contributed by atoms with E-state index < -0.39 is 38.8 Å². The van der Waals surface area contributed by atoms with Gasteiger partial charge in [-0.2, -0.15) is 22.7 Å². The van der Waals surface area contributed by atoms with E-state index in [1.54, 1.807) is 29.1 Å². The van der Waals surface area contributed by atoms with Crippen LogP contribution in [0.3, 0.4) is 0 Å². The second kappa shape index (κ2) is 11.7. The molecule has 0 spiro atoms. The molecule has 2 fully saturated rings. The first-order valence-electron chi connectivity index (χ1n) is 13.0. The number of halogens is 3. The smallest absolute Gasteiger partial charge is 0.334 e. The van der Waals surface area contributed by atoms with E-state index in [0.29, 0.717) is 19.6 Å². The zero-order chi connectivity index (χ0) is 29.3. The summed E-state index contributed by atoms with van der Waals surface area (Å²) in [6, 6.07) is 4.80. The Labute approximate surface area is 234 Å². The predicted octanol–water partition coefficient (Wildman–Crippen LogP) is 4.20. The summed E-state index contributed by atoms with van der Waals surface area (Å²) in [4.78, 5) is 18.4. The highest BCUT2D eigenvalue weighted by Crippen LogP contribution is 2.38. The number of carbonyl (C=O) groups excluding carboxylic acids is 1. The summed E-state index contributed by atoms with van der Waals surface area (Å²) in [5.74, 6) is -0.415. The molecule has 2 aliphatic rings. The average molecular weight is 588 g/mol. The number of hydrogen-bond acceptors (Lipinski definition) is 6. The minimum atomic E-state index is -4.74. The molecule has 0 aliphatic carbocycles. The number of unbranched alkanes of at least 4 members (excludes halogenated alkanes) is 3. The molecule has 1 aromatic rings. The molecule has 39 heavy (non-hydrogen) atoms. The number of sulfonamides is 1. The van der Waals surface area contributed by atoms with Crippen molar-refractivity contribution in [3.63, 3.8) is 0 Å². The average Bonchev–Trinajstić information content (AvgIpc) is 3.00. The summed E-state index contributed by atoms with van der Waals surface area (Å²) in [5, 5.41) is 9.22. The van der Waals surface area contributed by atoms with Crippen molar-refractivity contribution in [2.75, 3.05) is 37.3 Å². The van der Waals surface area contributed by atoms with E-state index in [2.05, 4.69) is 4.90 Å². The second-order valence-electron chi connectivity index (χ2n) is 10.9. The van der Waals surface area contributed by atoms with E-state index in [4.69, 9.17) is 17.5 Å². The van der Waals surface area contributed by atoms with Crippen molar-refractivity contribution in [2.24, 2.45) is 0 Å². The molecule has 0 saturated carbocycles. The molecule has 3 rings (SSSR count). The molecule has 8 nitrogen and oxygen atoms in total. The van der Waals surface area contributed by atoms with Gasteiger partial charge in [-0.3, -0.25) is 14.6 Å². The SMILES string of the molecule is C[C@@H]1CN(S(C)(=O)=O)[C@@H](C)CN1CCCCCCN1C(=S)N(c2ccc(C#N)c(C(F)(F)F)c2)C(=O)C1(C)C. The van der Waals surface area contributed by atoms with Crippen molar-refractivity contribution < 1.29 is 26.4 Å². The topological polar surface area (TPSA) is 88.0 Å². The Morgan fingerprint density at radius 2 is 1.69 bits per heavy atom. The summed E-state index contributed by atoms with van der Waals surface area (Å²) >= 11 is 5.54. The van der Waals surface area contributed by atoms with Gasteiger partial charge in [-0.15, -0.1) is 0 Å². The summed E-state index contributed by atoms with van der Waals surface area (Å²) in [7, 11) is -3.22. The molecule has 216 valence electrons. The number of nitriles is 1. The lowest BCUT2D eigenvalue weighted by Crippen LogP contribution is -2.57. The molecule has 2 saturated heterocycles. The molecule has 2 aliphatic heterocycles. The van der Waals surface area contributed by atoms with Crippen LogP contribution in [0.25, 0.3) is 0 Å². The van der Waals surface area contributed by atoms with Crippen LogP contribution in [0.15, 0.2) is 18.2 Å². The molecule has 0 radical (unpaired) electrons. The Morgan fingerprint density at radius 3 is 2.26 bits per heavy atom. The van der Waals surface area contributed by atoms with Crippen LogP contribution in [0.4, 0.5) is 18.9 Å². The molecular weight excluding hydrogens is 551 g/mol. The highest BCUT2D eigenvalue weighted by Gasteiger charge is 2.49. The van der Waals surface area contributed by atoms with Gasteiger partial charge in [-0.1, -0.05) is 12.8 Å². The normalized spacial score (nSPS) is 22.9. The number of nitrogens with zero attached hydrogens (tertiary/aromatic N) is 5. The van der Waals surface area contributed by atoms with Gasteiger partial charge in [0.25, 0.3) is 5.91 Å². The minimum Gasteiger partial charge on any atom is -0.334 e. The summed E-state index contributed by atoms with van der Waals surface area (Å²) in [6.45, 7) is 9.88. The van der Waals surface area contributed by atoms with Gasteiger partial charge in [0.2, 0.25) is 10.0 Å². The van der Waals surface area contributed by atoms with Crippen LogP contribution in [0.5, 0.6) is 0 Å². The number of alkyl halides is 3. The third kappa shape index (κ3) is 6.73. The number of thiocarbonyl (C=S) groups is 1. The zero-order valence-electron chi connectivity index (χ0n) is 23.0. The van der Waals surface area contributed by atoms with E-state index in [1.807, 2.05) is 13.8 Å². The number of amides is 1. The molecule has 0 unspecified atom stereocenters. The van der Waals surface area contributed by atoms with Crippen LogP contribution in [-0.4, -0.2) is 83.6 Å². The fraction of sp³-hybridized carbons (Fsp3) is 0.654. The minimum absolute atomic E-state index is 0.00813.